The quantitative estimate of drug-likeness (QED) is 0.142. The minimum atomic E-state index is -0.925. The van der Waals surface area contributed by atoms with Crippen molar-refractivity contribution in [1.29, 1.82) is 0 Å². The predicted octanol–water partition coefficient (Wildman–Crippen LogP) is 1.39. The maximum Gasteiger partial charge on any atom is 0.357 e. The van der Waals surface area contributed by atoms with E-state index < -0.39 is 47.4 Å². The number of carbonyl (C=O) groups excluding carboxylic acids is 4. The molecule has 2 fully saturated rings. The van der Waals surface area contributed by atoms with Crippen molar-refractivity contribution < 1.29 is 38.2 Å². The summed E-state index contributed by atoms with van der Waals surface area (Å²) in [5, 5.41) is 7.66. The molecule has 2 saturated heterocycles. The maximum absolute atomic E-state index is 13.3. The smallest absolute Gasteiger partial charge is 0.357 e. The van der Waals surface area contributed by atoms with Gasteiger partial charge in [0.25, 0.3) is 11.8 Å². The van der Waals surface area contributed by atoms with Gasteiger partial charge in [0, 0.05) is 17.7 Å². The van der Waals surface area contributed by atoms with Crippen molar-refractivity contribution in [3.05, 3.63) is 22.3 Å². The summed E-state index contributed by atoms with van der Waals surface area (Å²) >= 11 is 2.55. The summed E-state index contributed by atoms with van der Waals surface area (Å²) in [5.74, 6) is -2.05. The molecule has 15 heteroatoms. The molecule has 212 valence electrons. The number of rotatable bonds is 9. The number of nitrogens with zero attached hydrogens (tertiary/aromatic N) is 3. The third-order valence-electron chi connectivity index (χ3n) is 6.18. The van der Waals surface area contributed by atoms with E-state index in [9.17, 15) is 19.2 Å². The number of hydrogen-bond acceptors (Lipinski definition) is 13. The van der Waals surface area contributed by atoms with Gasteiger partial charge in [0.2, 0.25) is 6.79 Å². The van der Waals surface area contributed by atoms with Gasteiger partial charge in [0.05, 0.1) is 11.5 Å². The number of ether oxygens (including phenoxy) is 3. The molecule has 4 heterocycles. The van der Waals surface area contributed by atoms with Gasteiger partial charge in [-0.15, -0.1) is 23.1 Å². The van der Waals surface area contributed by atoms with E-state index in [2.05, 4.69) is 15.5 Å². The second-order valence-corrected chi connectivity index (χ2v) is 12.1. The molecule has 0 aliphatic carbocycles. The van der Waals surface area contributed by atoms with Gasteiger partial charge in [-0.3, -0.25) is 19.3 Å². The van der Waals surface area contributed by atoms with Gasteiger partial charge in [-0.25, -0.2) is 9.78 Å². The Hall–Kier alpha value is -3.17. The average Bonchev–Trinajstić information content (AvgIpc) is 3.56. The van der Waals surface area contributed by atoms with E-state index in [1.807, 2.05) is 0 Å². The lowest BCUT2D eigenvalue weighted by molar-refractivity contribution is -0.173. The zero-order chi connectivity index (χ0) is 28.3. The van der Waals surface area contributed by atoms with Crippen LogP contribution in [0.15, 0.2) is 21.8 Å². The molecule has 0 saturated carbocycles. The van der Waals surface area contributed by atoms with Crippen LogP contribution in [0.3, 0.4) is 0 Å². The number of carbonyl (C=O) groups is 4. The van der Waals surface area contributed by atoms with Crippen molar-refractivity contribution >= 4 is 57.7 Å². The summed E-state index contributed by atoms with van der Waals surface area (Å²) in [6.07, 6.45) is 2.16. The lowest BCUT2D eigenvalue weighted by atomic mass is 9.98. The molecule has 2 amide bonds. The molecule has 3 atom stereocenters. The van der Waals surface area contributed by atoms with Gasteiger partial charge in [-0.1, -0.05) is 5.16 Å². The van der Waals surface area contributed by atoms with E-state index >= 15 is 0 Å². The fourth-order valence-corrected chi connectivity index (χ4v) is 6.14. The van der Waals surface area contributed by atoms with Gasteiger partial charge < -0.3 is 30.1 Å². The molecular formula is C24H31N5O8S2. The Morgan fingerprint density at radius 1 is 1.31 bits per heavy atom. The first-order chi connectivity index (χ1) is 18.5. The number of β-lactam (4-membered cyclic amide) rings is 1. The molecular weight excluding hydrogens is 550 g/mol. The summed E-state index contributed by atoms with van der Waals surface area (Å²) in [4.78, 5) is 61.8. The third kappa shape index (κ3) is 6.36. The molecule has 4 rings (SSSR count). The van der Waals surface area contributed by atoms with Crippen molar-refractivity contribution in [3.63, 3.8) is 0 Å². The van der Waals surface area contributed by atoms with Crippen LogP contribution >= 0.6 is 23.1 Å². The molecule has 0 aromatic carbocycles. The first-order valence-electron chi connectivity index (χ1n) is 12.3. The molecule has 3 aliphatic rings. The molecule has 13 nitrogen and oxygen atoms in total. The molecule has 3 aliphatic heterocycles. The van der Waals surface area contributed by atoms with Gasteiger partial charge in [0.15, 0.2) is 10.8 Å². The topological polar surface area (TPSA) is 172 Å². The highest BCUT2D eigenvalue weighted by Crippen LogP contribution is 2.42. The lowest BCUT2D eigenvalue weighted by Gasteiger charge is -2.49. The van der Waals surface area contributed by atoms with Crippen LogP contribution in [-0.2, 0) is 38.2 Å². The number of hydrogen-bond donors (Lipinski definition) is 2. The Labute approximate surface area is 233 Å². The summed E-state index contributed by atoms with van der Waals surface area (Å²) < 4.78 is 16.1. The average molecular weight is 582 g/mol. The summed E-state index contributed by atoms with van der Waals surface area (Å²) in [7, 11) is 1.28. The number of esters is 2. The number of nitrogens with one attached hydrogen (secondary N) is 1. The van der Waals surface area contributed by atoms with Crippen molar-refractivity contribution in [1.82, 2.24) is 15.2 Å². The fourth-order valence-electron chi connectivity index (χ4n) is 4.23. The largest absolute Gasteiger partial charge is 0.427 e. The number of thioether (sulfide) groups is 1. The molecule has 0 radical (unpaired) electrons. The Balaban J connectivity index is 1.50. The Bertz CT molecular complexity index is 1200. The number of anilines is 1. The predicted molar refractivity (Wildman–Crippen MR) is 142 cm³/mol. The summed E-state index contributed by atoms with van der Waals surface area (Å²) in [5.41, 5.74) is 5.79. The van der Waals surface area contributed by atoms with Crippen LogP contribution in [0.5, 0.6) is 0 Å². The number of nitrogen functional groups attached to an aromatic ring is 1. The van der Waals surface area contributed by atoms with E-state index in [4.69, 9.17) is 24.8 Å². The molecule has 0 spiro atoms. The number of thiazole rings is 1. The number of fused-ring (bicyclic) bond motifs is 1. The standard InChI is InChI=1S/C24H31N5O8S2/c1-24(2,3)22(33)37-11-36-21(32)17-12(8-13-6-5-7-35-13)9-38-20-16(19(31)29(17)20)27-18(30)15(28-34-4)14-10-39-23(25)26-14/h10,13,16,20H,5-9,11H2,1-4H3,(H2,25,26)(H,27,30)/t13?,16-,20-/m1/s1. The summed E-state index contributed by atoms with van der Waals surface area (Å²) in [6.45, 7) is 5.10. The molecule has 1 aromatic rings. The fraction of sp³-hybridized carbons (Fsp3) is 0.583. The zero-order valence-corrected chi connectivity index (χ0v) is 23.7. The van der Waals surface area contributed by atoms with E-state index in [0.717, 1.165) is 24.2 Å². The van der Waals surface area contributed by atoms with Crippen LogP contribution in [-0.4, -0.2) is 83.1 Å². The third-order valence-corrected chi connectivity index (χ3v) is 8.19. The van der Waals surface area contributed by atoms with E-state index in [1.165, 1.54) is 23.8 Å². The summed E-state index contributed by atoms with van der Waals surface area (Å²) in [6, 6.07) is -0.925. The molecule has 39 heavy (non-hydrogen) atoms. The van der Waals surface area contributed by atoms with Gasteiger partial charge >= 0.3 is 11.9 Å². The monoisotopic (exact) mass is 581 g/mol. The van der Waals surface area contributed by atoms with E-state index in [-0.39, 0.29) is 28.3 Å². The van der Waals surface area contributed by atoms with Crippen molar-refractivity contribution in [2.75, 3.05) is 32.0 Å². The second-order valence-electron chi connectivity index (χ2n) is 10.1. The highest BCUT2D eigenvalue weighted by atomic mass is 32.2. The SMILES string of the molecule is CON=C(C(=O)N[C@@H]1C(=O)N2C(C(=O)OCOC(=O)C(C)(C)C)=C(CC3CCCO3)CS[C@H]12)c1csc(N)n1. The maximum atomic E-state index is 13.3. The Morgan fingerprint density at radius 3 is 2.69 bits per heavy atom. The second kappa shape index (κ2) is 11.9. The number of aromatic nitrogens is 1. The van der Waals surface area contributed by atoms with Crippen LogP contribution in [0.2, 0.25) is 0 Å². The minimum Gasteiger partial charge on any atom is -0.427 e. The van der Waals surface area contributed by atoms with Crippen molar-refractivity contribution in [3.8, 4) is 0 Å². The van der Waals surface area contributed by atoms with Gasteiger partial charge in [-0.2, -0.15) is 0 Å². The Morgan fingerprint density at radius 2 is 2.08 bits per heavy atom. The van der Waals surface area contributed by atoms with Crippen molar-refractivity contribution in [2.45, 2.75) is 57.6 Å². The van der Waals surface area contributed by atoms with Crippen molar-refractivity contribution in [2.24, 2.45) is 10.6 Å². The molecule has 0 bridgehead atoms. The normalized spacial score (nSPS) is 23.2. The number of amides is 2. The highest BCUT2D eigenvalue weighted by molar-refractivity contribution is 8.00. The molecule has 1 aromatic heterocycles. The lowest BCUT2D eigenvalue weighted by Crippen LogP contribution is -2.71. The molecule has 1 unspecified atom stereocenters. The van der Waals surface area contributed by atoms with Gasteiger partial charge in [0.1, 0.15) is 29.9 Å². The highest BCUT2D eigenvalue weighted by Gasteiger charge is 2.55. The van der Waals surface area contributed by atoms with Crippen LogP contribution in [0.4, 0.5) is 5.13 Å². The van der Waals surface area contributed by atoms with Crippen LogP contribution in [0, 0.1) is 5.41 Å². The van der Waals surface area contributed by atoms with Crippen LogP contribution < -0.4 is 11.1 Å². The first-order valence-corrected chi connectivity index (χ1v) is 14.2. The number of oxime groups is 1. The minimum absolute atomic E-state index is 0.0658. The first kappa shape index (κ1) is 28.8. The zero-order valence-electron chi connectivity index (χ0n) is 22.1. The molecule has 3 N–H and O–H groups in total. The number of nitrogens with two attached hydrogens (primary N) is 1. The van der Waals surface area contributed by atoms with Crippen LogP contribution in [0.25, 0.3) is 0 Å². The van der Waals surface area contributed by atoms with Gasteiger partial charge in [-0.05, 0) is 45.6 Å². The van der Waals surface area contributed by atoms with E-state index in [0.29, 0.717) is 24.4 Å². The van der Waals surface area contributed by atoms with Crippen LogP contribution in [0.1, 0.15) is 45.7 Å². The van der Waals surface area contributed by atoms with E-state index in [1.54, 1.807) is 26.2 Å². The Kier molecular flexibility index (Phi) is 8.81.